The lowest BCUT2D eigenvalue weighted by Crippen LogP contribution is -2.14. The van der Waals surface area contributed by atoms with Crippen LogP contribution in [0, 0.1) is 17.2 Å². The maximum Gasteiger partial charge on any atom is 0.321 e. The predicted octanol–water partition coefficient (Wildman–Crippen LogP) is 1.47. The molecule has 0 spiro atoms. The summed E-state index contributed by atoms with van der Waals surface area (Å²) in [5.41, 5.74) is 0.719. The van der Waals surface area contributed by atoms with E-state index in [1.54, 1.807) is 24.3 Å². The van der Waals surface area contributed by atoms with Crippen molar-refractivity contribution in [2.75, 3.05) is 14.2 Å². The highest BCUT2D eigenvalue weighted by molar-refractivity contribution is 5.73. The highest BCUT2D eigenvalue weighted by Crippen LogP contribution is 2.28. The van der Waals surface area contributed by atoms with Crippen LogP contribution in [0.2, 0.25) is 0 Å². The third-order valence-corrected chi connectivity index (χ3v) is 2.34. The van der Waals surface area contributed by atoms with Crippen LogP contribution in [0.1, 0.15) is 5.56 Å². The molecular formula is C12H13NO4. The van der Waals surface area contributed by atoms with Gasteiger partial charge in [0.05, 0.1) is 20.3 Å². The fourth-order valence-corrected chi connectivity index (χ4v) is 1.43. The Kier molecular flexibility index (Phi) is 4.35. The van der Waals surface area contributed by atoms with E-state index in [-0.39, 0.29) is 6.42 Å². The third kappa shape index (κ3) is 3.11. The molecule has 0 aliphatic heterocycles. The summed E-state index contributed by atoms with van der Waals surface area (Å²) in [6, 6.07) is 6.82. The lowest BCUT2D eigenvalue weighted by atomic mass is 10.0. The van der Waals surface area contributed by atoms with Gasteiger partial charge in [0.2, 0.25) is 0 Å². The highest BCUT2D eigenvalue weighted by atomic mass is 16.5. The molecule has 0 amide bonds. The molecule has 0 aliphatic carbocycles. The summed E-state index contributed by atoms with van der Waals surface area (Å²) in [6.45, 7) is 0. The number of rotatable bonds is 5. The standard InChI is InChI=1S/C12H13NO4/c1-16-10-4-3-8(6-11(10)17-2)5-9(7-13)12(14)15/h3-4,6,9H,5H2,1-2H3,(H,14,15)/t9-/m1/s1. The van der Waals surface area contributed by atoms with E-state index in [0.717, 1.165) is 5.56 Å². The molecule has 5 nitrogen and oxygen atoms in total. The van der Waals surface area contributed by atoms with Crippen LogP contribution in [0.5, 0.6) is 11.5 Å². The maximum atomic E-state index is 10.7. The van der Waals surface area contributed by atoms with Gasteiger partial charge in [0.15, 0.2) is 11.5 Å². The number of hydrogen-bond donors (Lipinski definition) is 1. The number of nitriles is 1. The lowest BCUT2D eigenvalue weighted by Gasteiger charge is -2.10. The number of hydrogen-bond acceptors (Lipinski definition) is 4. The number of carboxylic acid groups (broad SMARTS) is 1. The monoisotopic (exact) mass is 235 g/mol. The highest BCUT2D eigenvalue weighted by Gasteiger charge is 2.17. The van der Waals surface area contributed by atoms with Crippen LogP contribution in [0.3, 0.4) is 0 Å². The third-order valence-electron chi connectivity index (χ3n) is 2.34. The van der Waals surface area contributed by atoms with Crippen LogP contribution in [-0.2, 0) is 11.2 Å². The Bertz CT molecular complexity index is 450. The van der Waals surface area contributed by atoms with Gasteiger partial charge in [-0.25, -0.2) is 0 Å². The molecular weight excluding hydrogens is 222 g/mol. The van der Waals surface area contributed by atoms with Crippen molar-refractivity contribution in [1.29, 1.82) is 5.26 Å². The summed E-state index contributed by atoms with van der Waals surface area (Å²) < 4.78 is 10.2. The van der Waals surface area contributed by atoms with Crippen LogP contribution in [0.15, 0.2) is 18.2 Å². The molecule has 0 aromatic heterocycles. The lowest BCUT2D eigenvalue weighted by molar-refractivity contribution is -0.139. The Labute approximate surface area is 99.2 Å². The Morgan fingerprint density at radius 2 is 2.06 bits per heavy atom. The van der Waals surface area contributed by atoms with Crippen molar-refractivity contribution < 1.29 is 19.4 Å². The molecule has 0 unspecified atom stereocenters. The number of carboxylic acids is 1. The molecule has 0 fully saturated rings. The van der Waals surface area contributed by atoms with E-state index < -0.39 is 11.9 Å². The van der Waals surface area contributed by atoms with Crippen LogP contribution in [0.25, 0.3) is 0 Å². The van der Waals surface area contributed by atoms with E-state index in [2.05, 4.69) is 0 Å². The molecule has 1 rings (SSSR count). The Morgan fingerprint density at radius 3 is 2.53 bits per heavy atom. The molecule has 1 aromatic carbocycles. The van der Waals surface area contributed by atoms with Gasteiger partial charge in [-0.3, -0.25) is 4.79 Å². The zero-order valence-corrected chi connectivity index (χ0v) is 9.64. The zero-order chi connectivity index (χ0) is 12.8. The minimum Gasteiger partial charge on any atom is -0.493 e. The van der Waals surface area contributed by atoms with Gasteiger partial charge < -0.3 is 14.6 Å². The Balaban J connectivity index is 2.93. The summed E-state index contributed by atoms with van der Waals surface area (Å²) in [5, 5.41) is 17.5. The maximum absolute atomic E-state index is 10.7. The van der Waals surface area contributed by atoms with Crippen LogP contribution >= 0.6 is 0 Å². The van der Waals surface area contributed by atoms with E-state index in [4.69, 9.17) is 19.8 Å². The molecule has 1 N–H and O–H groups in total. The van der Waals surface area contributed by atoms with Crippen molar-refractivity contribution in [3.63, 3.8) is 0 Å². The van der Waals surface area contributed by atoms with Gasteiger partial charge >= 0.3 is 5.97 Å². The van der Waals surface area contributed by atoms with Gasteiger partial charge in [0.1, 0.15) is 5.92 Å². The first-order chi connectivity index (χ1) is 8.12. The molecule has 0 bridgehead atoms. The molecule has 1 atom stereocenters. The normalized spacial score (nSPS) is 11.4. The summed E-state index contributed by atoms with van der Waals surface area (Å²) in [5.74, 6) is -1.08. The first-order valence-electron chi connectivity index (χ1n) is 4.95. The summed E-state index contributed by atoms with van der Waals surface area (Å²) in [6.07, 6.45) is 0.145. The second-order valence-corrected chi connectivity index (χ2v) is 3.41. The van der Waals surface area contributed by atoms with E-state index in [0.29, 0.717) is 11.5 Å². The van der Waals surface area contributed by atoms with Gasteiger partial charge in [-0.05, 0) is 24.1 Å². The number of nitrogens with zero attached hydrogens (tertiary/aromatic N) is 1. The van der Waals surface area contributed by atoms with Gasteiger partial charge in [0.25, 0.3) is 0 Å². The first kappa shape index (κ1) is 12.8. The molecule has 0 radical (unpaired) electrons. The van der Waals surface area contributed by atoms with Gasteiger partial charge in [-0.15, -0.1) is 0 Å². The van der Waals surface area contributed by atoms with Gasteiger partial charge in [-0.1, -0.05) is 6.07 Å². The smallest absolute Gasteiger partial charge is 0.321 e. The van der Waals surface area contributed by atoms with Crippen molar-refractivity contribution in [1.82, 2.24) is 0 Å². The number of ether oxygens (including phenoxy) is 2. The Morgan fingerprint density at radius 1 is 1.41 bits per heavy atom. The number of carbonyl (C=O) groups is 1. The molecule has 17 heavy (non-hydrogen) atoms. The van der Waals surface area contributed by atoms with Crippen LogP contribution in [-0.4, -0.2) is 25.3 Å². The van der Waals surface area contributed by atoms with Crippen molar-refractivity contribution >= 4 is 5.97 Å². The summed E-state index contributed by atoms with van der Waals surface area (Å²) in [7, 11) is 3.02. The first-order valence-corrected chi connectivity index (χ1v) is 4.95. The molecule has 0 aliphatic rings. The van der Waals surface area contributed by atoms with Gasteiger partial charge in [-0.2, -0.15) is 5.26 Å². The number of benzene rings is 1. The average Bonchev–Trinajstić information content (AvgIpc) is 2.35. The number of methoxy groups -OCH3 is 2. The molecule has 0 heterocycles. The van der Waals surface area contributed by atoms with Gasteiger partial charge in [0, 0.05) is 0 Å². The molecule has 0 saturated heterocycles. The van der Waals surface area contributed by atoms with Crippen molar-refractivity contribution in [2.24, 2.45) is 5.92 Å². The van der Waals surface area contributed by atoms with Crippen molar-refractivity contribution in [3.8, 4) is 17.6 Å². The summed E-state index contributed by atoms with van der Waals surface area (Å²) >= 11 is 0. The molecule has 0 saturated carbocycles. The fourth-order valence-electron chi connectivity index (χ4n) is 1.43. The SMILES string of the molecule is COc1ccc(C[C@H](C#N)C(=O)O)cc1OC. The Hall–Kier alpha value is -2.22. The van der Waals surface area contributed by atoms with Crippen molar-refractivity contribution in [3.05, 3.63) is 23.8 Å². The summed E-state index contributed by atoms with van der Waals surface area (Å²) in [4.78, 5) is 10.7. The minimum absolute atomic E-state index is 0.145. The minimum atomic E-state index is -1.12. The van der Waals surface area contributed by atoms with E-state index in [1.165, 1.54) is 14.2 Å². The largest absolute Gasteiger partial charge is 0.493 e. The second-order valence-electron chi connectivity index (χ2n) is 3.41. The second kappa shape index (κ2) is 5.75. The quantitative estimate of drug-likeness (QED) is 0.835. The van der Waals surface area contributed by atoms with E-state index in [9.17, 15) is 4.79 Å². The molecule has 5 heteroatoms. The zero-order valence-electron chi connectivity index (χ0n) is 9.64. The van der Waals surface area contributed by atoms with Crippen LogP contribution in [0.4, 0.5) is 0 Å². The predicted molar refractivity (Wildman–Crippen MR) is 60.0 cm³/mol. The molecule has 90 valence electrons. The average molecular weight is 235 g/mol. The number of aliphatic carboxylic acids is 1. The van der Waals surface area contributed by atoms with Crippen LogP contribution < -0.4 is 9.47 Å². The molecule has 1 aromatic rings. The fraction of sp³-hybridized carbons (Fsp3) is 0.333. The topological polar surface area (TPSA) is 79.5 Å². The van der Waals surface area contributed by atoms with E-state index in [1.807, 2.05) is 0 Å². The van der Waals surface area contributed by atoms with E-state index >= 15 is 0 Å². The van der Waals surface area contributed by atoms with Crippen molar-refractivity contribution in [2.45, 2.75) is 6.42 Å².